The van der Waals surface area contributed by atoms with Crippen molar-refractivity contribution in [3.8, 4) is 0 Å². The first kappa shape index (κ1) is 15.9. The molecule has 1 N–H and O–H groups in total. The molecule has 2 aliphatic heterocycles. The minimum atomic E-state index is -0.0916. The molecule has 1 atom stereocenters. The fourth-order valence-electron chi connectivity index (χ4n) is 4.04. The van der Waals surface area contributed by atoms with Crippen molar-refractivity contribution in [1.82, 2.24) is 14.5 Å². The number of hydrogen-bond acceptors (Lipinski definition) is 3. The number of imidazole rings is 1. The summed E-state index contributed by atoms with van der Waals surface area (Å²) in [4.78, 5) is 31.2. The second kappa shape index (κ2) is 6.35. The van der Waals surface area contributed by atoms with Gasteiger partial charge in [-0.2, -0.15) is 0 Å². The number of aryl methyl sites for hydroxylation is 1. The number of anilines is 1. The van der Waals surface area contributed by atoms with Crippen LogP contribution in [0.2, 0.25) is 0 Å². The molecule has 0 spiro atoms. The van der Waals surface area contributed by atoms with Crippen molar-refractivity contribution in [2.75, 3.05) is 18.4 Å². The molecule has 0 radical (unpaired) electrons. The van der Waals surface area contributed by atoms with E-state index in [0.717, 1.165) is 30.6 Å². The van der Waals surface area contributed by atoms with E-state index in [2.05, 4.69) is 10.3 Å². The minimum Gasteiger partial charge on any atom is -0.336 e. The van der Waals surface area contributed by atoms with E-state index < -0.39 is 0 Å². The smallest absolute Gasteiger partial charge is 0.289 e. The third-order valence-corrected chi connectivity index (χ3v) is 5.38. The molecule has 4 rings (SSSR count). The predicted molar refractivity (Wildman–Crippen MR) is 94.3 cm³/mol. The van der Waals surface area contributed by atoms with Crippen molar-refractivity contribution in [1.29, 1.82) is 0 Å². The lowest BCUT2D eigenvalue weighted by Gasteiger charge is -2.34. The highest BCUT2D eigenvalue weighted by Crippen LogP contribution is 2.41. The molecule has 3 heterocycles. The number of likely N-dealkylation sites (tertiary alicyclic amines) is 1. The second-order valence-electron chi connectivity index (χ2n) is 6.72. The van der Waals surface area contributed by atoms with Crippen LogP contribution in [0, 0.1) is 5.92 Å². The van der Waals surface area contributed by atoms with E-state index in [-0.39, 0.29) is 23.7 Å². The molecular weight excluding hydrogens is 316 g/mol. The van der Waals surface area contributed by atoms with E-state index >= 15 is 0 Å². The third-order valence-electron chi connectivity index (χ3n) is 5.38. The highest BCUT2D eigenvalue weighted by atomic mass is 16.2. The standard InChI is InChI=1S/C19H22N4O2/c1-2-22-12-9-20-17(22)19(25)23-10-7-13(8-11-23)16-14-5-3-4-6-15(14)21-18(16)24/h3-6,9,12-13,16H,2,7-8,10-11H2,1H3,(H,21,24). The van der Waals surface area contributed by atoms with Crippen molar-refractivity contribution in [2.24, 2.45) is 5.92 Å². The predicted octanol–water partition coefficient (Wildman–Crippen LogP) is 2.49. The van der Waals surface area contributed by atoms with Gasteiger partial charge in [0.1, 0.15) is 0 Å². The number of benzene rings is 1. The Morgan fingerprint density at radius 3 is 2.80 bits per heavy atom. The quantitative estimate of drug-likeness (QED) is 0.935. The van der Waals surface area contributed by atoms with Crippen LogP contribution in [0.15, 0.2) is 36.7 Å². The first-order chi connectivity index (χ1) is 12.2. The van der Waals surface area contributed by atoms with Gasteiger partial charge in [-0.05, 0) is 37.3 Å². The van der Waals surface area contributed by atoms with Gasteiger partial charge in [-0.15, -0.1) is 0 Å². The number of rotatable bonds is 3. The molecule has 2 amide bonds. The largest absolute Gasteiger partial charge is 0.336 e. The van der Waals surface area contributed by atoms with Crippen LogP contribution in [-0.4, -0.2) is 39.4 Å². The van der Waals surface area contributed by atoms with Crippen LogP contribution in [-0.2, 0) is 11.3 Å². The maximum atomic E-state index is 12.7. The Morgan fingerprint density at radius 1 is 1.28 bits per heavy atom. The van der Waals surface area contributed by atoms with Gasteiger partial charge in [0, 0.05) is 37.7 Å². The van der Waals surface area contributed by atoms with Gasteiger partial charge in [-0.25, -0.2) is 4.98 Å². The van der Waals surface area contributed by atoms with Crippen LogP contribution >= 0.6 is 0 Å². The van der Waals surface area contributed by atoms with Crippen molar-refractivity contribution in [3.05, 3.63) is 48.0 Å². The SMILES string of the molecule is CCn1ccnc1C(=O)N1CCC(C2C(=O)Nc3ccccc32)CC1. The summed E-state index contributed by atoms with van der Waals surface area (Å²) in [5, 5.41) is 2.98. The van der Waals surface area contributed by atoms with E-state index in [1.807, 2.05) is 46.9 Å². The van der Waals surface area contributed by atoms with Crippen molar-refractivity contribution >= 4 is 17.5 Å². The number of fused-ring (bicyclic) bond motifs is 1. The van der Waals surface area contributed by atoms with Crippen molar-refractivity contribution < 1.29 is 9.59 Å². The topological polar surface area (TPSA) is 67.2 Å². The molecular formula is C19H22N4O2. The van der Waals surface area contributed by atoms with Crippen LogP contribution in [0.5, 0.6) is 0 Å². The number of nitrogens with one attached hydrogen (secondary N) is 1. The number of aromatic nitrogens is 2. The number of para-hydroxylation sites is 1. The Morgan fingerprint density at radius 2 is 2.04 bits per heavy atom. The summed E-state index contributed by atoms with van der Waals surface area (Å²) in [6, 6.07) is 7.91. The highest BCUT2D eigenvalue weighted by molar-refractivity contribution is 6.03. The molecule has 130 valence electrons. The zero-order valence-electron chi connectivity index (χ0n) is 14.3. The number of nitrogens with zero attached hydrogens (tertiary/aromatic N) is 3. The highest BCUT2D eigenvalue weighted by Gasteiger charge is 2.39. The van der Waals surface area contributed by atoms with Gasteiger partial charge >= 0.3 is 0 Å². The van der Waals surface area contributed by atoms with Gasteiger partial charge in [0.15, 0.2) is 5.82 Å². The lowest BCUT2D eigenvalue weighted by Crippen LogP contribution is -2.41. The normalized spacial score (nSPS) is 20.4. The van der Waals surface area contributed by atoms with Gasteiger partial charge < -0.3 is 14.8 Å². The monoisotopic (exact) mass is 338 g/mol. The van der Waals surface area contributed by atoms with E-state index in [1.54, 1.807) is 6.20 Å². The number of carbonyl (C=O) groups is 2. The Balaban J connectivity index is 1.45. The Labute approximate surface area is 146 Å². The molecule has 2 aromatic rings. The molecule has 6 heteroatoms. The van der Waals surface area contributed by atoms with Crippen LogP contribution in [0.4, 0.5) is 5.69 Å². The summed E-state index contributed by atoms with van der Waals surface area (Å²) in [6.07, 6.45) is 5.18. The molecule has 0 aliphatic carbocycles. The number of hydrogen-bond donors (Lipinski definition) is 1. The van der Waals surface area contributed by atoms with Crippen LogP contribution in [0.1, 0.15) is 41.9 Å². The molecule has 1 unspecified atom stereocenters. The maximum absolute atomic E-state index is 12.7. The fraction of sp³-hybridized carbons (Fsp3) is 0.421. The number of carbonyl (C=O) groups excluding carboxylic acids is 2. The first-order valence-corrected chi connectivity index (χ1v) is 8.89. The molecule has 2 aliphatic rings. The molecule has 0 saturated carbocycles. The van der Waals surface area contributed by atoms with Crippen molar-refractivity contribution in [2.45, 2.75) is 32.2 Å². The van der Waals surface area contributed by atoms with Crippen LogP contribution < -0.4 is 5.32 Å². The van der Waals surface area contributed by atoms with Gasteiger partial charge in [0.2, 0.25) is 5.91 Å². The van der Waals surface area contributed by atoms with E-state index in [9.17, 15) is 9.59 Å². The molecule has 1 aromatic heterocycles. The number of piperidine rings is 1. The summed E-state index contributed by atoms with van der Waals surface area (Å²) in [6.45, 7) is 4.08. The minimum absolute atomic E-state index is 0.0124. The lowest BCUT2D eigenvalue weighted by molar-refractivity contribution is -0.118. The number of amides is 2. The van der Waals surface area contributed by atoms with Crippen molar-refractivity contribution in [3.63, 3.8) is 0 Å². The molecule has 1 saturated heterocycles. The molecule has 1 aromatic carbocycles. The van der Waals surface area contributed by atoms with Gasteiger partial charge in [0.25, 0.3) is 5.91 Å². The van der Waals surface area contributed by atoms with Gasteiger partial charge in [-0.3, -0.25) is 9.59 Å². The summed E-state index contributed by atoms with van der Waals surface area (Å²) in [5.41, 5.74) is 2.03. The Bertz CT molecular complexity index is 805. The molecule has 0 bridgehead atoms. The Kier molecular flexibility index (Phi) is 4.03. The van der Waals surface area contributed by atoms with Gasteiger partial charge in [0.05, 0.1) is 5.92 Å². The van der Waals surface area contributed by atoms with Crippen LogP contribution in [0.3, 0.4) is 0 Å². The summed E-state index contributed by atoms with van der Waals surface area (Å²) >= 11 is 0. The van der Waals surface area contributed by atoms with Crippen LogP contribution in [0.25, 0.3) is 0 Å². The zero-order chi connectivity index (χ0) is 17.4. The molecule has 6 nitrogen and oxygen atoms in total. The summed E-state index contributed by atoms with van der Waals surface area (Å²) in [7, 11) is 0. The first-order valence-electron chi connectivity index (χ1n) is 8.89. The zero-order valence-corrected chi connectivity index (χ0v) is 14.3. The third kappa shape index (κ3) is 2.71. The molecule has 25 heavy (non-hydrogen) atoms. The summed E-state index contributed by atoms with van der Waals surface area (Å²) < 4.78 is 1.87. The summed E-state index contributed by atoms with van der Waals surface area (Å²) in [5.74, 6) is 0.767. The van der Waals surface area contributed by atoms with E-state index in [4.69, 9.17) is 0 Å². The average molecular weight is 338 g/mol. The second-order valence-corrected chi connectivity index (χ2v) is 6.72. The fourth-order valence-corrected chi connectivity index (χ4v) is 4.04. The van der Waals surface area contributed by atoms with E-state index in [0.29, 0.717) is 18.9 Å². The molecule has 1 fully saturated rings. The Hall–Kier alpha value is -2.63. The van der Waals surface area contributed by atoms with E-state index in [1.165, 1.54) is 0 Å². The lowest BCUT2D eigenvalue weighted by atomic mass is 9.81. The van der Waals surface area contributed by atoms with Gasteiger partial charge in [-0.1, -0.05) is 18.2 Å². The maximum Gasteiger partial charge on any atom is 0.289 e. The average Bonchev–Trinajstić information content (AvgIpc) is 3.24.